The van der Waals surface area contributed by atoms with Crippen LogP contribution in [0.5, 0.6) is 0 Å². The van der Waals surface area contributed by atoms with Crippen molar-refractivity contribution in [2.75, 3.05) is 6.54 Å². The minimum atomic E-state index is -4.33. The fourth-order valence-electron chi connectivity index (χ4n) is 1.91. The van der Waals surface area contributed by atoms with Gasteiger partial charge in [-0.2, -0.15) is 0 Å². The predicted octanol–water partition coefficient (Wildman–Crippen LogP) is 3.61. The van der Waals surface area contributed by atoms with Gasteiger partial charge in [0.2, 0.25) is 0 Å². The van der Waals surface area contributed by atoms with Crippen molar-refractivity contribution >= 4 is 21.7 Å². The second-order valence-corrected chi connectivity index (χ2v) is 7.05. The van der Waals surface area contributed by atoms with Crippen molar-refractivity contribution in [2.45, 2.75) is 63.2 Å². The quantitative estimate of drug-likeness (QED) is 0.545. The molecule has 0 aromatic heterocycles. The minimum absolute atomic E-state index is 0.262. The summed E-state index contributed by atoms with van der Waals surface area (Å²) in [5.74, 6) is 0. The summed E-state index contributed by atoms with van der Waals surface area (Å²) < 4.78 is 31.0. The number of halogens is 1. The molecule has 0 saturated heterocycles. The summed E-state index contributed by atoms with van der Waals surface area (Å²) in [6.45, 7) is 3.39. The lowest BCUT2D eigenvalue weighted by Crippen LogP contribution is -2.50. The first-order chi connectivity index (χ1) is 10.4. The van der Waals surface area contributed by atoms with E-state index in [0.717, 1.165) is 6.54 Å². The van der Waals surface area contributed by atoms with Gasteiger partial charge in [-0.25, -0.2) is 8.42 Å². The van der Waals surface area contributed by atoms with Gasteiger partial charge in [-0.05, 0) is 37.1 Å². The second-order valence-electron chi connectivity index (χ2n) is 5.24. The maximum absolute atomic E-state index is 10.3. The minimum Gasteiger partial charge on any atom is -0.744 e. The van der Waals surface area contributed by atoms with Crippen LogP contribution in [-0.2, 0) is 10.1 Å². The lowest BCUT2D eigenvalue weighted by atomic mass is 10.1. The van der Waals surface area contributed by atoms with E-state index in [2.05, 4.69) is 12.7 Å². The van der Waals surface area contributed by atoms with E-state index in [1.54, 1.807) is 0 Å². The van der Waals surface area contributed by atoms with Gasteiger partial charge >= 0.3 is 0 Å². The monoisotopic (exact) mass is 349 g/mol. The molecule has 0 unspecified atom stereocenters. The van der Waals surface area contributed by atoms with Gasteiger partial charge in [-0.3, -0.25) is 0 Å². The molecule has 1 aromatic rings. The number of hydrogen-bond donors (Lipinski definition) is 1. The molecule has 128 valence electrons. The van der Waals surface area contributed by atoms with E-state index in [4.69, 9.17) is 11.6 Å². The SMILES string of the molecule is CCCCCCCCCC[NH3+].O=S(=O)([O-])c1ccc(Cl)cc1. The standard InChI is InChI=1S/C10H23N.C6H5ClO3S/c1-2-3-4-5-6-7-8-9-10-11;7-5-1-3-6(4-2-5)11(8,9)10/h2-11H2,1H3;1-4H,(H,8,9,10). The Hall–Kier alpha value is -0.620. The van der Waals surface area contributed by atoms with E-state index in [9.17, 15) is 13.0 Å². The number of benzene rings is 1. The molecule has 0 saturated carbocycles. The Bertz CT molecular complexity index is 467. The van der Waals surface area contributed by atoms with Crippen LogP contribution in [0, 0.1) is 0 Å². The zero-order valence-electron chi connectivity index (χ0n) is 13.4. The highest BCUT2D eigenvalue weighted by atomic mass is 35.5. The molecule has 4 nitrogen and oxygen atoms in total. The van der Waals surface area contributed by atoms with Crippen molar-refractivity contribution in [1.82, 2.24) is 0 Å². The highest BCUT2D eigenvalue weighted by Crippen LogP contribution is 2.13. The molecule has 0 atom stereocenters. The molecule has 0 aliphatic carbocycles. The van der Waals surface area contributed by atoms with Crippen LogP contribution in [0.1, 0.15) is 58.3 Å². The second kappa shape index (κ2) is 12.9. The lowest BCUT2D eigenvalue weighted by molar-refractivity contribution is -0.368. The summed E-state index contributed by atoms with van der Waals surface area (Å²) in [4.78, 5) is -0.262. The Morgan fingerprint density at radius 1 is 0.955 bits per heavy atom. The normalized spacial score (nSPS) is 10.9. The highest BCUT2D eigenvalue weighted by Gasteiger charge is 1.98. The van der Waals surface area contributed by atoms with E-state index < -0.39 is 10.1 Å². The number of rotatable bonds is 9. The van der Waals surface area contributed by atoms with E-state index >= 15 is 0 Å². The van der Waals surface area contributed by atoms with Crippen molar-refractivity contribution < 1.29 is 18.7 Å². The first-order valence-electron chi connectivity index (χ1n) is 7.92. The molecule has 0 bridgehead atoms. The fraction of sp³-hybridized carbons (Fsp3) is 0.625. The molecule has 0 spiro atoms. The first kappa shape index (κ1) is 21.4. The summed E-state index contributed by atoms with van der Waals surface area (Å²) in [5, 5.41) is 0.400. The van der Waals surface area contributed by atoms with Crippen LogP contribution in [0.15, 0.2) is 29.2 Å². The van der Waals surface area contributed by atoms with Crippen LogP contribution in [-0.4, -0.2) is 19.5 Å². The van der Waals surface area contributed by atoms with Gasteiger partial charge in [0.05, 0.1) is 11.4 Å². The number of quaternary nitrogens is 1. The number of unbranched alkanes of at least 4 members (excludes halogenated alkanes) is 7. The highest BCUT2D eigenvalue weighted by molar-refractivity contribution is 7.85. The summed E-state index contributed by atoms with van der Waals surface area (Å²) in [6.07, 6.45) is 11.3. The summed E-state index contributed by atoms with van der Waals surface area (Å²) >= 11 is 5.46. The summed E-state index contributed by atoms with van der Waals surface area (Å²) in [6, 6.07) is 5.05. The Kier molecular flexibility index (Phi) is 12.5. The van der Waals surface area contributed by atoms with Crippen molar-refractivity contribution in [3.63, 3.8) is 0 Å². The molecule has 0 heterocycles. The topological polar surface area (TPSA) is 84.8 Å². The van der Waals surface area contributed by atoms with E-state index in [1.165, 1.54) is 75.6 Å². The van der Waals surface area contributed by atoms with E-state index in [-0.39, 0.29) is 4.90 Å². The van der Waals surface area contributed by atoms with E-state index in [1.807, 2.05) is 0 Å². The summed E-state index contributed by atoms with van der Waals surface area (Å²) in [7, 11) is -4.33. The van der Waals surface area contributed by atoms with Crippen LogP contribution in [0.25, 0.3) is 0 Å². The molecular formula is C16H28ClNO3S. The molecule has 3 N–H and O–H groups in total. The molecule has 0 amide bonds. The van der Waals surface area contributed by atoms with Gasteiger partial charge < -0.3 is 10.3 Å². The van der Waals surface area contributed by atoms with Crippen LogP contribution in [0.3, 0.4) is 0 Å². The van der Waals surface area contributed by atoms with Gasteiger partial charge in [-0.15, -0.1) is 0 Å². The molecule has 1 rings (SSSR count). The van der Waals surface area contributed by atoms with Gasteiger partial charge in [0, 0.05) is 5.02 Å². The first-order valence-corrected chi connectivity index (χ1v) is 9.71. The maximum Gasteiger partial charge on any atom is 0.124 e. The summed E-state index contributed by atoms with van der Waals surface area (Å²) in [5.41, 5.74) is 3.83. The lowest BCUT2D eigenvalue weighted by Gasteiger charge is -2.05. The fourth-order valence-corrected chi connectivity index (χ4v) is 2.51. The zero-order chi connectivity index (χ0) is 16.8. The molecule has 6 heteroatoms. The average molecular weight is 350 g/mol. The molecule has 22 heavy (non-hydrogen) atoms. The van der Waals surface area contributed by atoms with E-state index in [0.29, 0.717) is 5.02 Å². The van der Waals surface area contributed by atoms with Gasteiger partial charge in [0.15, 0.2) is 0 Å². The van der Waals surface area contributed by atoms with Gasteiger partial charge in [0.25, 0.3) is 0 Å². The average Bonchev–Trinajstić information content (AvgIpc) is 2.47. The van der Waals surface area contributed by atoms with Crippen molar-refractivity contribution in [3.8, 4) is 0 Å². The van der Waals surface area contributed by atoms with Crippen LogP contribution in [0.4, 0.5) is 0 Å². The third-order valence-electron chi connectivity index (χ3n) is 3.21. The van der Waals surface area contributed by atoms with Crippen LogP contribution in [0.2, 0.25) is 5.02 Å². The third-order valence-corrected chi connectivity index (χ3v) is 4.31. The Morgan fingerprint density at radius 3 is 1.82 bits per heavy atom. The molecule has 1 aromatic carbocycles. The zero-order valence-corrected chi connectivity index (χ0v) is 15.0. The molecular weight excluding hydrogens is 322 g/mol. The molecule has 0 aliphatic rings. The Morgan fingerprint density at radius 2 is 1.41 bits per heavy atom. The van der Waals surface area contributed by atoms with Crippen LogP contribution < -0.4 is 5.73 Å². The predicted molar refractivity (Wildman–Crippen MR) is 89.8 cm³/mol. The van der Waals surface area contributed by atoms with Gasteiger partial charge in [0.1, 0.15) is 10.1 Å². The van der Waals surface area contributed by atoms with Crippen molar-refractivity contribution in [1.29, 1.82) is 0 Å². The molecule has 0 aliphatic heterocycles. The third kappa shape index (κ3) is 12.0. The van der Waals surface area contributed by atoms with Crippen LogP contribution >= 0.6 is 11.6 Å². The maximum atomic E-state index is 10.3. The van der Waals surface area contributed by atoms with Crippen molar-refractivity contribution in [3.05, 3.63) is 29.3 Å². The van der Waals surface area contributed by atoms with Gasteiger partial charge in [-0.1, -0.05) is 57.0 Å². The Balaban J connectivity index is 0.000000401. The Labute approximate surface area is 139 Å². The smallest absolute Gasteiger partial charge is 0.124 e. The largest absolute Gasteiger partial charge is 0.744 e. The molecule has 0 radical (unpaired) electrons. The number of hydrogen-bond acceptors (Lipinski definition) is 3. The molecule has 0 fully saturated rings. The van der Waals surface area contributed by atoms with Crippen molar-refractivity contribution in [2.24, 2.45) is 0 Å².